The summed E-state index contributed by atoms with van der Waals surface area (Å²) in [5.74, 6) is -1.93. The fourth-order valence-corrected chi connectivity index (χ4v) is 7.01. The van der Waals surface area contributed by atoms with Gasteiger partial charge in [-0.2, -0.15) is 0 Å². The van der Waals surface area contributed by atoms with Crippen LogP contribution in [-0.2, 0) is 23.9 Å². The summed E-state index contributed by atoms with van der Waals surface area (Å²) in [6, 6.07) is 7.78. The topological polar surface area (TPSA) is 204 Å². The quantitative estimate of drug-likeness (QED) is 0.179. The van der Waals surface area contributed by atoms with Crippen LogP contribution in [0.5, 0.6) is 0 Å². The SMILES string of the molecule is COC(=O)N[C@H](C(=O)N1CCC[C@H]1C(=O)NC(=O)Nc1ccc(-c2ccc(-c3cnc([C@@H]4CCCN4C(=O)[C@@H](NC(=O)OC)C(C)C)[nH]3)cc2)cc1F)C(C)C. The number of rotatable bonds is 11. The number of H-pyrrole nitrogens is 1. The van der Waals surface area contributed by atoms with Crippen molar-refractivity contribution in [3.05, 3.63) is 60.3 Å². The first-order chi connectivity index (χ1) is 26.7. The summed E-state index contributed by atoms with van der Waals surface area (Å²) in [6.45, 7) is 8.02. The van der Waals surface area contributed by atoms with Crippen molar-refractivity contribution < 1.29 is 42.6 Å². The van der Waals surface area contributed by atoms with Gasteiger partial charge in [-0.25, -0.2) is 23.8 Å². The molecule has 3 aromatic rings. The van der Waals surface area contributed by atoms with Crippen molar-refractivity contribution in [2.45, 2.75) is 77.5 Å². The maximum absolute atomic E-state index is 15.3. The van der Waals surface area contributed by atoms with Crippen LogP contribution in [0, 0.1) is 17.7 Å². The smallest absolute Gasteiger partial charge is 0.407 e. The predicted molar refractivity (Wildman–Crippen MR) is 203 cm³/mol. The highest BCUT2D eigenvalue weighted by molar-refractivity contribution is 6.04. The predicted octanol–water partition coefficient (Wildman–Crippen LogP) is 4.95. The minimum absolute atomic E-state index is 0.151. The minimum Gasteiger partial charge on any atom is -0.453 e. The van der Waals surface area contributed by atoms with Gasteiger partial charge in [0.05, 0.1) is 37.8 Å². The molecule has 17 heteroatoms. The zero-order valence-corrected chi connectivity index (χ0v) is 32.3. The van der Waals surface area contributed by atoms with E-state index in [4.69, 9.17) is 4.74 Å². The van der Waals surface area contributed by atoms with E-state index in [1.807, 2.05) is 38.1 Å². The molecule has 3 heterocycles. The molecule has 0 radical (unpaired) electrons. The van der Waals surface area contributed by atoms with Gasteiger partial charge in [-0.1, -0.05) is 58.0 Å². The molecule has 16 nitrogen and oxygen atoms in total. The molecule has 56 heavy (non-hydrogen) atoms. The number of aromatic nitrogens is 2. The molecular weight excluding hydrogens is 727 g/mol. The standard InChI is InChI=1S/C39H49FN8O8/c1-21(2)31(44-38(53)55-5)35(50)47-17-7-9-29(47)33-41-20-28(42-33)24-13-11-23(12-14-24)25-15-16-27(26(40)19-25)43-37(52)46-34(49)30-10-8-18-48(30)36(51)32(22(3)4)45-39(54)56-6/h11-16,19-22,29-32H,7-10,17-18H2,1-6H3,(H,41,42)(H,44,53)(H,45,54)(H2,43,46,49,52)/t29-,30-,31-,32-/m0/s1. The Bertz CT molecular complexity index is 1930. The molecule has 5 rings (SSSR count). The van der Waals surface area contributed by atoms with Crippen molar-refractivity contribution in [2.75, 3.05) is 32.6 Å². The molecule has 5 N–H and O–H groups in total. The Morgan fingerprint density at radius 1 is 0.786 bits per heavy atom. The Kier molecular flexibility index (Phi) is 13.3. The van der Waals surface area contributed by atoms with E-state index >= 15 is 4.39 Å². The summed E-state index contributed by atoms with van der Waals surface area (Å²) in [4.78, 5) is 87.3. The van der Waals surface area contributed by atoms with Gasteiger partial charge in [0.2, 0.25) is 11.8 Å². The molecule has 2 aromatic carbocycles. The minimum atomic E-state index is -0.958. The van der Waals surface area contributed by atoms with Crippen molar-refractivity contribution in [3.8, 4) is 22.4 Å². The second-order valence-electron chi connectivity index (χ2n) is 14.5. The maximum Gasteiger partial charge on any atom is 0.407 e. The van der Waals surface area contributed by atoms with E-state index < -0.39 is 54.0 Å². The molecule has 0 unspecified atom stereocenters. The Labute approximate surface area is 324 Å². The van der Waals surface area contributed by atoms with Crippen LogP contribution in [0.1, 0.15) is 65.2 Å². The van der Waals surface area contributed by atoms with E-state index in [0.29, 0.717) is 42.8 Å². The number of nitrogens with one attached hydrogen (secondary N) is 5. The number of alkyl carbamates (subject to hydrolysis) is 2. The number of nitrogens with zero attached hydrogens (tertiary/aromatic N) is 3. The first-order valence-corrected chi connectivity index (χ1v) is 18.6. The lowest BCUT2D eigenvalue weighted by Crippen LogP contribution is -2.55. The highest BCUT2D eigenvalue weighted by Gasteiger charge is 2.40. The number of hydrogen-bond acceptors (Lipinski definition) is 9. The largest absolute Gasteiger partial charge is 0.453 e. The molecule has 0 bridgehead atoms. The average molecular weight is 777 g/mol. The van der Waals surface area contributed by atoms with Crippen molar-refractivity contribution in [3.63, 3.8) is 0 Å². The van der Waals surface area contributed by atoms with Crippen LogP contribution < -0.4 is 21.3 Å². The van der Waals surface area contributed by atoms with Crippen LogP contribution in [0.15, 0.2) is 48.7 Å². The summed E-state index contributed by atoms with van der Waals surface area (Å²) in [7, 11) is 2.44. The third-order valence-corrected chi connectivity index (χ3v) is 10.1. The van der Waals surface area contributed by atoms with Gasteiger partial charge in [0.1, 0.15) is 29.8 Å². The number of anilines is 1. The fourth-order valence-electron chi connectivity index (χ4n) is 7.01. The normalized spacial score (nSPS) is 17.7. The Balaban J connectivity index is 1.19. The Hall–Kier alpha value is -6.00. The van der Waals surface area contributed by atoms with Gasteiger partial charge in [-0.05, 0) is 66.3 Å². The Morgan fingerprint density at radius 2 is 1.34 bits per heavy atom. The second-order valence-corrected chi connectivity index (χ2v) is 14.5. The molecule has 4 atom stereocenters. The van der Waals surface area contributed by atoms with E-state index in [0.717, 1.165) is 17.7 Å². The van der Waals surface area contributed by atoms with Crippen LogP contribution in [0.25, 0.3) is 22.4 Å². The number of ether oxygens (including phenoxy) is 2. The number of carbonyl (C=O) groups excluding carboxylic acids is 6. The molecule has 2 fully saturated rings. The van der Waals surface area contributed by atoms with Crippen molar-refractivity contribution in [2.24, 2.45) is 11.8 Å². The summed E-state index contributed by atoms with van der Waals surface area (Å²) >= 11 is 0. The lowest BCUT2D eigenvalue weighted by atomic mass is 10.0. The van der Waals surface area contributed by atoms with Crippen LogP contribution in [-0.4, -0.2) is 101 Å². The van der Waals surface area contributed by atoms with E-state index in [9.17, 15) is 28.8 Å². The molecule has 300 valence electrons. The lowest BCUT2D eigenvalue weighted by molar-refractivity contribution is -0.140. The zero-order chi connectivity index (χ0) is 40.7. The highest BCUT2D eigenvalue weighted by Crippen LogP contribution is 2.33. The lowest BCUT2D eigenvalue weighted by Gasteiger charge is -2.30. The van der Waals surface area contributed by atoms with Crippen molar-refractivity contribution >= 4 is 41.6 Å². The number of imidazole rings is 1. The second kappa shape index (κ2) is 18.1. The molecular formula is C39H49FN8O8. The van der Waals surface area contributed by atoms with E-state index in [-0.39, 0.29) is 36.0 Å². The highest BCUT2D eigenvalue weighted by atomic mass is 19.1. The zero-order valence-electron chi connectivity index (χ0n) is 32.3. The number of benzene rings is 2. The fraction of sp³-hybridized carbons (Fsp3) is 0.462. The van der Waals surface area contributed by atoms with E-state index in [1.54, 1.807) is 31.0 Å². The molecule has 0 aliphatic carbocycles. The number of halogens is 1. The monoisotopic (exact) mass is 776 g/mol. The number of aromatic amines is 1. The third-order valence-electron chi connectivity index (χ3n) is 10.1. The van der Waals surface area contributed by atoms with Crippen LogP contribution in [0.3, 0.4) is 0 Å². The van der Waals surface area contributed by atoms with Gasteiger partial charge in [-0.15, -0.1) is 0 Å². The maximum atomic E-state index is 15.3. The van der Waals surface area contributed by atoms with E-state index in [2.05, 4.69) is 36.0 Å². The number of amides is 7. The Morgan fingerprint density at radius 3 is 1.93 bits per heavy atom. The first-order valence-electron chi connectivity index (χ1n) is 18.6. The molecule has 2 aliphatic heterocycles. The van der Waals surface area contributed by atoms with Crippen LogP contribution in [0.2, 0.25) is 0 Å². The first kappa shape index (κ1) is 41.2. The van der Waals surface area contributed by atoms with Gasteiger partial charge in [-0.3, -0.25) is 19.7 Å². The van der Waals surface area contributed by atoms with Gasteiger partial charge in [0.15, 0.2) is 0 Å². The molecule has 0 spiro atoms. The number of hydrogen-bond donors (Lipinski definition) is 5. The number of imide groups is 1. The summed E-state index contributed by atoms with van der Waals surface area (Å²) < 4.78 is 24.6. The van der Waals surface area contributed by atoms with Crippen LogP contribution >= 0.6 is 0 Å². The van der Waals surface area contributed by atoms with E-state index in [1.165, 1.54) is 31.3 Å². The molecule has 7 amide bonds. The average Bonchev–Trinajstić information content (AvgIpc) is 3.97. The van der Waals surface area contributed by atoms with Crippen molar-refractivity contribution in [1.82, 2.24) is 35.7 Å². The molecule has 2 aliphatic rings. The number of methoxy groups -OCH3 is 2. The molecule has 0 saturated carbocycles. The molecule has 1 aromatic heterocycles. The van der Waals surface area contributed by atoms with Crippen LogP contribution in [0.4, 0.5) is 24.5 Å². The van der Waals surface area contributed by atoms with Gasteiger partial charge >= 0.3 is 18.2 Å². The van der Waals surface area contributed by atoms with Gasteiger partial charge in [0, 0.05) is 13.1 Å². The molecule has 2 saturated heterocycles. The van der Waals surface area contributed by atoms with Gasteiger partial charge < -0.3 is 40.2 Å². The summed E-state index contributed by atoms with van der Waals surface area (Å²) in [5.41, 5.74) is 2.65. The van der Waals surface area contributed by atoms with Crippen molar-refractivity contribution in [1.29, 1.82) is 0 Å². The number of likely N-dealkylation sites (tertiary alicyclic amines) is 2. The summed E-state index contributed by atoms with van der Waals surface area (Å²) in [5, 5.41) is 9.73. The summed E-state index contributed by atoms with van der Waals surface area (Å²) in [6.07, 6.45) is 2.59. The van der Waals surface area contributed by atoms with Gasteiger partial charge in [0.25, 0.3) is 5.91 Å². The number of urea groups is 1. The third kappa shape index (κ3) is 9.44. The number of carbonyl (C=O) groups is 6.